The van der Waals surface area contributed by atoms with Crippen LogP contribution >= 0.6 is 0 Å². The molecule has 25 heavy (non-hydrogen) atoms. The molecular weight excluding hydrogens is 318 g/mol. The molecule has 1 heterocycles. The number of aliphatic carboxylic acids is 1. The third-order valence-corrected chi connectivity index (χ3v) is 4.46. The second kappa shape index (κ2) is 7.49. The number of benzene rings is 2. The van der Waals surface area contributed by atoms with Crippen LogP contribution in [0.15, 0.2) is 54.6 Å². The molecule has 2 unspecified atom stereocenters. The van der Waals surface area contributed by atoms with E-state index in [1.165, 1.54) is 0 Å². The fourth-order valence-corrected chi connectivity index (χ4v) is 3.26. The summed E-state index contributed by atoms with van der Waals surface area (Å²) in [6.07, 6.45) is -0.717. The second-order valence-corrected chi connectivity index (χ2v) is 6.05. The standard InChI is InChI=1S/C20H21NO4/c1-2-25-18(14-8-4-3-5-9-14)19(22)21-12-15-10-6-7-11-16(15)17(13-21)20(23)24/h3-11,17-18H,2,12-13H2,1H3,(H,23,24). The molecule has 1 N–H and O–H groups in total. The number of ether oxygens (including phenoxy) is 1. The minimum Gasteiger partial charge on any atom is -0.481 e. The van der Waals surface area contributed by atoms with E-state index in [2.05, 4.69) is 0 Å². The van der Waals surface area contributed by atoms with Gasteiger partial charge in [0.25, 0.3) is 5.91 Å². The predicted octanol–water partition coefficient (Wildman–Crippen LogP) is 2.97. The van der Waals surface area contributed by atoms with Crippen LogP contribution in [0.2, 0.25) is 0 Å². The zero-order chi connectivity index (χ0) is 17.8. The zero-order valence-electron chi connectivity index (χ0n) is 14.1. The summed E-state index contributed by atoms with van der Waals surface area (Å²) >= 11 is 0. The van der Waals surface area contributed by atoms with Crippen molar-refractivity contribution >= 4 is 11.9 Å². The van der Waals surface area contributed by atoms with Gasteiger partial charge in [0, 0.05) is 19.7 Å². The quantitative estimate of drug-likeness (QED) is 0.909. The molecule has 5 nitrogen and oxygen atoms in total. The lowest BCUT2D eigenvalue weighted by Gasteiger charge is -2.35. The van der Waals surface area contributed by atoms with E-state index in [1.807, 2.05) is 61.5 Å². The summed E-state index contributed by atoms with van der Waals surface area (Å²) in [6, 6.07) is 16.7. The summed E-state index contributed by atoms with van der Waals surface area (Å²) in [5, 5.41) is 9.57. The molecule has 0 saturated heterocycles. The Kier molecular flexibility index (Phi) is 5.14. The van der Waals surface area contributed by atoms with Gasteiger partial charge in [0.2, 0.25) is 0 Å². The summed E-state index contributed by atoms with van der Waals surface area (Å²) in [4.78, 5) is 26.3. The number of carboxylic acids is 1. The van der Waals surface area contributed by atoms with E-state index in [1.54, 1.807) is 4.90 Å². The van der Waals surface area contributed by atoms with Crippen LogP contribution in [0.3, 0.4) is 0 Å². The van der Waals surface area contributed by atoms with Crippen LogP contribution in [0, 0.1) is 0 Å². The van der Waals surface area contributed by atoms with Crippen LogP contribution in [-0.4, -0.2) is 35.0 Å². The Morgan fingerprint density at radius 2 is 1.84 bits per heavy atom. The van der Waals surface area contributed by atoms with Crippen LogP contribution in [0.25, 0.3) is 0 Å². The molecule has 0 bridgehead atoms. The van der Waals surface area contributed by atoms with Crippen molar-refractivity contribution in [3.8, 4) is 0 Å². The average Bonchev–Trinajstić information content (AvgIpc) is 2.65. The molecule has 2 aromatic rings. The van der Waals surface area contributed by atoms with Crippen molar-refractivity contribution in [2.24, 2.45) is 0 Å². The number of nitrogens with zero attached hydrogens (tertiary/aromatic N) is 1. The molecule has 0 spiro atoms. The van der Waals surface area contributed by atoms with Crippen molar-refractivity contribution < 1.29 is 19.4 Å². The minimum atomic E-state index is -0.919. The number of carbonyl (C=O) groups is 2. The van der Waals surface area contributed by atoms with Crippen LogP contribution in [0.5, 0.6) is 0 Å². The molecule has 3 rings (SSSR count). The van der Waals surface area contributed by atoms with Gasteiger partial charge in [-0.15, -0.1) is 0 Å². The van der Waals surface area contributed by atoms with E-state index < -0.39 is 18.0 Å². The number of hydrogen-bond acceptors (Lipinski definition) is 3. The minimum absolute atomic E-state index is 0.154. The second-order valence-electron chi connectivity index (χ2n) is 6.05. The van der Waals surface area contributed by atoms with E-state index in [-0.39, 0.29) is 12.5 Å². The van der Waals surface area contributed by atoms with Gasteiger partial charge in [-0.3, -0.25) is 9.59 Å². The Hall–Kier alpha value is -2.66. The van der Waals surface area contributed by atoms with Crippen molar-refractivity contribution in [3.05, 3.63) is 71.3 Å². The van der Waals surface area contributed by atoms with Gasteiger partial charge in [-0.2, -0.15) is 0 Å². The van der Waals surface area contributed by atoms with E-state index in [9.17, 15) is 14.7 Å². The number of carboxylic acid groups (broad SMARTS) is 1. The Labute approximate surface area is 146 Å². The maximum atomic E-state index is 13.1. The maximum absolute atomic E-state index is 13.1. The van der Waals surface area contributed by atoms with Crippen molar-refractivity contribution in [1.29, 1.82) is 0 Å². The van der Waals surface area contributed by atoms with Gasteiger partial charge in [-0.1, -0.05) is 54.6 Å². The summed E-state index contributed by atoms with van der Waals surface area (Å²) < 4.78 is 5.69. The SMILES string of the molecule is CCOC(C(=O)N1Cc2ccccc2C(C(=O)O)C1)c1ccccc1. The highest BCUT2D eigenvalue weighted by Crippen LogP contribution is 2.31. The number of hydrogen-bond donors (Lipinski definition) is 1. The Morgan fingerprint density at radius 1 is 1.16 bits per heavy atom. The first-order chi connectivity index (χ1) is 12.1. The lowest BCUT2D eigenvalue weighted by atomic mass is 9.89. The summed E-state index contributed by atoms with van der Waals surface area (Å²) in [7, 11) is 0. The summed E-state index contributed by atoms with van der Waals surface area (Å²) in [5.74, 6) is -1.83. The molecule has 0 saturated carbocycles. The van der Waals surface area contributed by atoms with Crippen LogP contribution < -0.4 is 0 Å². The van der Waals surface area contributed by atoms with Gasteiger partial charge >= 0.3 is 5.97 Å². The fourth-order valence-electron chi connectivity index (χ4n) is 3.26. The fraction of sp³-hybridized carbons (Fsp3) is 0.300. The first-order valence-corrected chi connectivity index (χ1v) is 8.37. The lowest BCUT2D eigenvalue weighted by Crippen LogP contribution is -2.43. The average molecular weight is 339 g/mol. The first kappa shape index (κ1) is 17.2. The molecule has 0 fully saturated rings. The van der Waals surface area contributed by atoms with Gasteiger partial charge < -0.3 is 14.7 Å². The molecule has 0 radical (unpaired) electrons. The highest BCUT2D eigenvalue weighted by atomic mass is 16.5. The van der Waals surface area contributed by atoms with Gasteiger partial charge in [0.05, 0.1) is 5.92 Å². The molecule has 0 aliphatic carbocycles. The van der Waals surface area contributed by atoms with Gasteiger partial charge in [0.15, 0.2) is 6.10 Å². The Morgan fingerprint density at radius 3 is 2.52 bits per heavy atom. The van der Waals surface area contributed by atoms with E-state index in [0.717, 1.165) is 16.7 Å². The Bertz CT molecular complexity index is 759. The molecular formula is C20H21NO4. The Balaban J connectivity index is 1.90. The van der Waals surface area contributed by atoms with Crippen LogP contribution in [0.4, 0.5) is 0 Å². The van der Waals surface area contributed by atoms with E-state index in [0.29, 0.717) is 13.2 Å². The smallest absolute Gasteiger partial charge is 0.312 e. The van der Waals surface area contributed by atoms with Crippen LogP contribution in [0.1, 0.15) is 35.6 Å². The van der Waals surface area contributed by atoms with Gasteiger partial charge in [0.1, 0.15) is 0 Å². The lowest BCUT2D eigenvalue weighted by molar-refractivity contribution is -0.147. The van der Waals surface area contributed by atoms with E-state index in [4.69, 9.17) is 4.74 Å². The molecule has 1 aliphatic rings. The number of fused-ring (bicyclic) bond motifs is 1. The van der Waals surface area contributed by atoms with Gasteiger partial charge in [-0.05, 0) is 23.6 Å². The topological polar surface area (TPSA) is 66.8 Å². The van der Waals surface area contributed by atoms with Crippen molar-refractivity contribution in [3.63, 3.8) is 0 Å². The number of rotatable bonds is 5. The molecule has 2 atom stereocenters. The third-order valence-electron chi connectivity index (χ3n) is 4.46. The normalized spacial score (nSPS) is 17.6. The number of carbonyl (C=O) groups excluding carboxylic acids is 1. The molecule has 2 aromatic carbocycles. The zero-order valence-corrected chi connectivity index (χ0v) is 14.1. The molecule has 1 aliphatic heterocycles. The highest BCUT2D eigenvalue weighted by molar-refractivity contribution is 5.85. The largest absolute Gasteiger partial charge is 0.481 e. The maximum Gasteiger partial charge on any atom is 0.312 e. The van der Waals surface area contributed by atoms with Crippen molar-refractivity contribution in [1.82, 2.24) is 4.90 Å². The number of amides is 1. The third kappa shape index (κ3) is 3.56. The highest BCUT2D eigenvalue weighted by Gasteiger charge is 2.35. The summed E-state index contributed by atoms with van der Waals surface area (Å²) in [6.45, 7) is 2.80. The predicted molar refractivity (Wildman–Crippen MR) is 93.0 cm³/mol. The van der Waals surface area contributed by atoms with E-state index >= 15 is 0 Å². The van der Waals surface area contributed by atoms with Gasteiger partial charge in [-0.25, -0.2) is 0 Å². The molecule has 5 heteroatoms. The van der Waals surface area contributed by atoms with Crippen LogP contribution in [-0.2, 0) is 20.9 Å². The molecule has 1 amide bonds. The molecule has 130 valence electrons. The van der Waals surface area contributed by atoms with Crippen molar-refractivity contribution in [2.45, 2.75) is 25.5 Å². The summed E-state index contributed by atoms with van der Waals surface area (Å²) in [5.41, 5.74) is 2.43. The van der Waals surface area contributed by atoms with Crippen molar-refractivity contribution in [2.75, 3.05) is 13.2 Å². The first-order valence-electron chi connectivity index (χ1n) is 8.37. The molecule has 0 aromatic heterocycles. The monoisotopic (exact) mass is 339 g/mol.